The van der Waals surface area contributed by atoms with E-state index in [1.165, 1.54) is 39.9 Å². The van der Waals surface area contributed by atoms with Gasteiger partial charge in [-0.15, -0.1) is 0 Å². The lowest BCUT2D eigenvalue weighted by Gasteiger charge is -2.18. The van der Waals surface area contributed by atoms with Crippen molar-refractivity contribution in [2.45, 2.75) is 18.7 Å². The van der Waals surface area contributed by atoms with Gasteiger partial charge in [0.05, 0.1) is 16.7 Å². The maximum atomic E-state index is 12.9. The fraction of sp³-hybridized carbons (Fsp3) is 0.200. The van der Waals surface area contributed by atoms with Gasteiger partial charge in [0.2, 0.25) is 10.0 Å². The number of benzene rings is 3. The van der Waals surface area contributed by atoms with Crippen molar-refractivity contribution in [1.29, 1.82) is 0 Å². The number of anilines is 1. The second kappa shape index (κ2) is 9.92. The summed E-state index contributed by atoms with van der Waals surface area (Å²) < 4.78 is 33.1. The number of methoxy groups -OCH3 is 1. The molecule has 176 valence electrons. The molecule has 34 heavy (non-hydrogen) atoms. The van der Waals surface area contributed by atoms with E-state index < -0.39 is 10.0 Å². The minimum absolute atomic E-state index is 0.157. The quantitative estimate of drug-likeness (QED) is 0.360. The maximum Gasteiger partial charge on any atom is 0.257 e. The molecule has 3 aromatic carbocycles. The summed E-state index contributed by atoms with van der Waals surface area (Å²) >= 11 is 1.36. The summed E-state index contributed by atoms with van der Waals surface area (Å²) in [6.45, 7) is 4.35. The molecule has 0 unspecified atom stereocenters. The van der Waals surface area contributed by atoms with Crippen molar-refractivity contribution in [3.05, 3.63) is 72.3 Å². The molecule has 1 amide bonds. The Morgan fingerprint density at radius 3 is 2.29 bits per heavy atom. The van der Waals surface area contributed by atoms with Crippen LogP contribution in [0.3, 0.4) is 0 Å². The fourth-order valence-electron chi connectivity index (χ4n) is 3.71. The number of hydrogen-bond acceptors (Lipinski definition) is 6. The van der Waals surface area contributed by atoms with Gasteiger partial charge in [0.25, 0.3) is 5.91 Å². The van der Waals surface area contributed by atoms with Crippen LogP contribution in [0.25, 0.3) is 21.3 Å². The van der Waals surface area contributed by atoms with E-state index in [2.05, 4.69) is 10.3 Å². The van der Waals surface area contributed by atoms with Gasteiger partial charge in [0.15, 0.2) is 5.13 Å². The molecule has 0 aliphatic rings. The van der Waals surface area contributed by atoms with Crippen LogP contribution in [0.15, 0.2) is 71.6 Å². The highest BCUT2D eigenvalue weighted by atomic mass is 32.2. The minimum Gasteiger partial charge on any atom is -0.494 e. The lowest BCUT2D eigenvalue weighted by molar-refractivity contribution is 0.102. The molecule has 9 heteroatoms. The molecule has 1 aromatic heterocycles. The lowest BCUT2D eigenvalue weighted by atomic mass is 10.1. The van der Waals surface area contributed by atoms with E-state index in [0.717, 1.165) is 15.8 Å². The van der Waals surface area contributed by atoms with Gasteiger partial charge in [0, 0.05) is 24.2 Å². The zero-order valence-electron chi connectivity index (χ0n) is 19.1. The zero-order valence-corrected chi connectivity index (χ0v) is 20.7. The Morgan fingerprint density at radius 1 is 1.00 bits per heavy atom. The van der Waals surface area contributed by atoms with Crippen LogP contribution in [-0.4, -0.2) is 43.8 Å². The van der Waals surface area contributed by atoms with Crippen molar-refractivity contribution in [2.75, 3.05) is 25.5 Å². The summed E-state index contributed by atoms with van der Waals surface area (Å²) in [5, 5.41) is 3.27. The van der Waals surface area contributed by atoms with Gasteiger partial charge in [-0.1, -0.05) is 55.5 Å². The molecule has 0 atom stereocenters. The highest BCUT2D eigenvalue weighted by molar-refractivity contribution is 7.89. The van der Waals surface area contributed by atoms with Crippen LogP contribution in [0.1, 0.15) is 24.2 Å². The number of carbonyl (C=O) groups excluding carboxylic acids is 1. The van der Waals surface area contributed by atoms with E-state index >= 15 is 0 Å². The standard InChI is InChI=1S/C25H25N3O4S2/c1-4-28(5-2)34(30,31)19-13-11-18(12-14-19)24(29)27-25-26-22-21(32-3)16-15-20(23(22)33-25)17-9-7-6-8-10-17/h6-16H,4-5H2,1-3H3,(H,26,27,29). The van der Waals surface area contributed by atoms with E-state index in [9.17, 15) is 13.2 Å². The third-order valence-electron chi connectivity index (χ3n) is 5.49. The van der Waals surface area contributed by atoms with Gasteiger partial charge < -0.3 is 4.74 Å². The van der Waals surface area contributed by atoms with Crippen molar-refractivity contribution in [1.82, 2.24) is 9.29 Å². The van der Waals surface area contributed by atoms with Crippen LogP contribution in [0.2, 0.25) is 0 Å². The second-order valence-electron chi connectivity index (χ2n) is 7.45. The van der Waals surface area contributed by atoms with Crippen LogP contribution in [0, 0.1) is 0 Å². The molecule has 1 N–H and O–H groups in total. The highest BCUT2D eigenvalue weighted by Crippen LogP contribution is 2.39. The smallest absolute Gasteiger partial charge is 0.257 e. The predicted octanol–water partition coefficient (Wildman–Crippen LogP) is 5.25. The van der Waals surface area contributed by atoms with Crippen molar-refractivity contribution < 1.29 is 17.9 Å². The largest absolute Gasteiger partial charge is 0.494 e. The van der Waals surface area contributed by atoms with Crippen LogP contribution in [0.5, 0.6) is 5.75 Å². The first-order chi connectivity index (χ1) is 16.4. The molecule has 0 aliphatic heterocycles. The number of sulfonamides is 1. The molecule has 0 saturated carbocycles. The van der Waals surface area contributed by atoms with E-state index in [4.69, 9.17) is 4.74 Å². The monoisotopic (exact) mass is 495 g/mol. The SMILES string of the molecule is CCN(CC)S(=O)(=O)c1ccc(C(=O)Nc2nc3c(OC)ccc(-c4ccccc4)c3s2)cc1. The van der Waals surface area contributed by atoms with Crippen LogP contribution in [0.4, 0.5) is 5.13 Å². The molecule has 0 saturated heterocycles. The average Bonchev–Trinajstić information content (AvgIpc) is 3.28. The third-order valence-corrected chi connectivity index (χ3v) is 8.56. The topological polar surface area (TPSA) is 88.6 Å². The summed E-state index contributed by atoms with van der Waals surface area (Å²) in [6, 6.07) is 19.7. The second-order valence-corrected chi connectivity index (χ2v) is 10.4. The first-order valence-corrected chi connectivity index (χ1v) is 13.1. The van der Waals surface area contributed by atoms with Gasteiger partial charge in [-0.25, -0.2) is 13.4 Å². The molecule has 0 bridgehead atoms. The van der Waals surface area contributed by atoms with Crippen LogP contribution >= 0.6 is 11.3 Å². The zero-order chi connectivity index (χ0) is 24.3. The van der Waals surface area contributed by atoms with Gasteiger partial charge in [-0.05, 0) is 42.0 Å². The molecule has 4 rings (SSSR count). The number of fused-ring (bicyclic) bond motifs is 1. The molecule has 0 aliphatic carbocycles. The normalized spacial score (nSPS) is 11.6. The molecule has 0 fully saturated rings. The van der Waals surface area contributed by atoms with Crippen LogP contribution < -0.4 is 10.1 Å². The first kappa shape index (κ1) is 23.9. The Kier molecular flexibility index (Phi) is 6.97. The van der Waals surface area contributed by atoms with Crippen molar-refractivity contribution >= 4 is 42.6 Å². The number of aromatic nitrogens is 1. The maximum absolute atomic E-state index is 12.9. The number of thiazole rings is 1. The Bertz CT molecular complexity index is 1410. The molecule has 1 heterocycles. The van der Waals surface area contributed by atoms with Gasteiger partial charge in [-0.3, -0.25) is 10.1 Å². The lowest BCUT2D eigenvalue weighted by Crippen LogP contribution is -2.30. The Hall–Kier alpha value is -3.27. The van der Waals surface area contributed by atoms with E-state index in [-0.39, 0.29) is 10.8 Å². The fourth-order valence-corrected chi connectivity index (χ4v) is 6.18. The molecular weight excluding hydrogens is 470 g/mol. The summed E-state index contributed by atoms with van der Waals surface area (Å²) in [4.78, 5) is 17.6. The third kappa shape index (κ3) is 4.54. The summed E-state index contributed by atoms with van der Waals surface area (Å²) in [7, 11) is -2.00. The van der Waals surface area contributed by atoms with Crippen molar-refractivity contribution in [3.8, 4) is 16.9 Å². The number of ether oxygens (including phenoxy) is 1. The average molecular weight is 496 g/mol. The van der Waals surface area contributed by atoms with Gasteiger partial charge in [0.1, 0.15) is 11.3 Å². The Labute approximate surface area is 203 Å². The minimum atomic E-state index is -3.58. The number of hydrogen-bond donors (Lipinski definition) is 1. The van der Waals surface area contributed by atoms with Crippen LogP contribution in [-0.2, 0) is 10.0 Å². The Morgan fingerprint density at radius 2 is 1.68 bits per heavy atom. The number of nitrogens with zero attached hydrogens (tertiary/aromatic N) is 2. The summed E-state index contributed by atoms with van der Waals surface area (Å²) in [5.41, 5.74) is 3.06. The van der Waals surface area contributed by atoms with E-state index in [1.807, 2.05) is 42.5 Å². The molecule has 0 spiro atoms. The Balaban J connectivity index is 1.62. The highest BCUT2D eigenvalue weighted by Gasteiger charge is 2.22. The number of carbonyl (C=O) groups is 1. The van der Waals surface area contributed by atoms with Gasteiger partial charge >= 0.3 is 0 Å². The molecule has 4 aromatic rings. The van der Waals surface area contributed by atoms with E-state index in [1.54, 1.807) is 21.0 Å². The van der Waals surface area contributed by atoms with Gasteiger partial charge in [-0.2, -0.15) is 4.31 Å². The number of amides is 1. The number of rotatable bonds is 8. The first-order valence-electron chi connectivity index (χ1n) is 10.8. The predicted molar refractivity (Wildman–Crippen MR) is 136 cm³/mol. The molecule has 0 radical (unpaired) electrons. The van der Waals surface area contributed by atoms with Crippen molar-refractivity contribution in [2.24, 2.45) is 0 Å². The van der Waals surface area contributed by atoms with E-state index in [0.29, 0.717) is 35.1 Å². The number of nitrogens with one attached hydrogen (secondary N) is 1. The summed E-state index contributed by atoms with van der Waals surface area (Å²) in [5.74, 6) is 0.253. The van der Waals surface area contributed by atoms with Crippen molar-refractivity contribution in [3.63, 3.8) is 0 Å². The molecule has 7 nitrogen and oxygen atoms in total. The summed E-state index contributed by atoms with van der Waals surface area (Å²) in [6.07, 6.45) is 0. The molecular formula is C25H25N3O4S2.